The van der Waals surface area contributed by atoms with Crippen LogP contribution in [-0.2, 0) is 0 Å². The fraction of sp³-hybridized carbons (Fsp3) is 1.00. The van der Waals surface area contributed by atoms with E-state index in [1.807, 2.05) is 0 Å². The highest BCUT2D eigenvalue weighted by Crippen LogP contribution is 2.06. The minimum atomic E-state index is 0.516. The van der Waals surface area contributed by atoms with Gasteiger partial charge in [0.15, 0.2) is 0 Å². The van der Waals surface area contributed by atoms with E-state index < -0.39 is 0 Å². The first-order chi connectivity index (χ1) is 8.78. The first kappa shape index (κ1) is 17.9. The highest BCUT2D eigenvalue weighted by atomic mass is 15.1. The Bertz CT molecular complexity index is 158. The van der Waals surface area contributed by atoms with Crippen LogP contribution in [0.3, 0.4) is 0 Å². The van der Waals surface area contributed by atoms with E-state index >= 15 is 0 Å². The third kappa shape index (κ3) is 9.86. The van der Waals surface area contributed by atoms with Gasteiger partial charge in [-0.05, 0) is 19.5 Å². The number of nitrogens with one attached hydrogen (secondary N) is 1. The number of unbranched alkanes of at least 4 members (excludes halogenated alkanes) is 4. The second-order valence-corrected chi connectivity index (χ2v) is 5.12. The quantitative estimate of drug-likeness (QED) is 0.498. The number of hydrogen-bond donors (Lipinski definition) is 2. The van der Waals surface area contributed by atoms with E-state index in [0.29, 0.717) is 6.04 Å². The summed E-state index contributed by atoms with van der Waals surface area (Å²) in [6, 6.07) is 0.516. The smallest absolute Gasteiger partial charge is 0.0190 e. The van der Waals surface area contributed by atoms with E-state index in [0.717, 1.165) is 32.7 Å². The summed E-state index contributed by atoms with van der Waals surface area (Å²) in [6.45, 7) is 12.0. The van der Waals surface area contributed by atoms with Crippen LogP contribution in [0.1, 0.15) is 59.3 Å². The van der Waals surface area contributed by atoms with E-state index in [4.69, 9.17) is 5.73 Å². The topological polar surface area (TPSA) is 41.3 Å². The maximum atomic E-state index is 5.82. The van der Waals surface area contributed by atoms with Gasteiger partial charge < -0.3 is 16.0 Å². The summed E-state index contributed by atoms with van der Waals surface area (Å²) in [5, 5.41) is 3.59. The lowest BCUT2D eigenvalue weighted by Gasteiger charge is -2.21. The number of nitrogens with zero attached hydrogens (tertiary/aromatic N) is 1. The molecule has 0 aromatic carbocycles. The Morgan fingerprint density at radius 1 is 1.00 bits per heavy atom. The summed E-state index contributed by atoms with van der Waals surface area (Å²) in [4.78, 5) is 2.45. The van der Waals surface area contributed by atoms with Crippen molar-refractivity contribution in [1.82, 2.24) is 10.2 Å². The summed E-state index contributed by atoms with van der Waals surface area (Å²) in [5.41, 5.74) is 5.82. The van der Waals surface area contributed by atoms with E-state index in [2.05, 4.69) is 31.0 Å². The lowest BCUT2D eigenvalue weighted by atomic mass is 10.1. The van der Waals surface area contributed by atoms with Crippen molar-refractivity contribution in [3.8, 4) is 0 Å². The second-order valence-electron chi connectivity index (χ2n) is 5.12. The molecular weight excluding hydrogens is 222 g/mol. The standard InChI is InChI=1S/C15H35N3/c1-4-7-8-9-10-11-15(14-16)17-12-13-18(5-2)6-3/h15,17H,4-14,16H2,1-3H3. The molecule has 3 heteroatoms. The second kappa shape index (κ2) is 13.3. The first-order valence-electron chi connectivity index (χ1n) is 7.94. The summed E-state index contributed by atoms with van der Waals surface area (Å²) in [5.74, 6) is 0. The molecule has 0 aliphatic rings. The molecule has 0 amide bonds. The van der Waals surface area contributed by atoms with Gasteiger partial charge in [-0.3, -0.25) is 0 Å². The van der Waals surface area contributed by atoms with Crippen LogP contribution in [0.4, 0.5) is 0 Å². The minimum absolute atomic E-state index is 0.516. The molecule has 0 spiro atoms. The summed E-state index contributed by atoms with van der Waals surface area (Å²) < 4.78 is 0. The molecule has 110 valence electrons. The third-order valence-electron chi connectivity index (χ3n) is 3.70. The lowest BCUT2D eigenvalue weighted by Crippen LogP contribution is -2.40. The van der Waals surface area contributed by atoms with Gasteiger partial charge in [0.05, 0.1) is 0 Å². The normalized spacial score (nSPS) is 13.2. The van der Waals surface area contributed by atoms with Crippen molar-refractivity contribution in [2.24, 2.45) is 5.73 Å². The van der Waals surface area contributed by atoms with E-state index in [-0.39, 0.29) is 0 Å². The fourth-order valence-electron chi connectivity index (χ4n) is 2.26. The van der Waals surface area contributed by atoms with Crippen molar-refractivity contribution in [2.75, 3.05) is 32.7 Å². The van der Waals surface area contributed by atoms with Gasteiger partial charge in [-0.15, -0.1) is 0 Å². The highest BCUT2D eigenvalue weighted by molar-refractivity contribution is 4.68. The maximum absolute atomic E-state index is 5.82. The molecule has 0 heterocycles. The average molecular weight is 257 g/mol. The molecule has 0 bridgehead atoms. The molecule has 1 unspecified atom stereocenters. The predicted octanol–water partition coefficient (Wildman–Crippen LogP) is 2.61. The maximum Gasteiger partial charge on any atom is 0.0190 e. The lowest BCUT2D eigenvalue weighted by molar-refractivity contribution is 0.294. The molecule has 0 aliphatic heterocycles. The molecule has 3 N–H and O–H groups in total. The van der Waals surface area contributed by atoms with Crippen LogP contribution in [0.25, 0.3) is 0 Å². The molecule has 0 radical (unpaired) electrons. The van der Waals surface area contributed by atoms with E-state index in [1.165, 1.54) is 38.5 Å². The molecule has 1 atom stereocenters. The molecule has 0 saturated carbocycles. The molecule has 0 aromatic rings. The molecule has 0 saturated heterocycles. The zero-order chi connectivity index (χ0) is 13.6. The van der Waals surface area contributed by atoms with Gasteiger partial charge >= 0.3 is 0 Å². The van der Waals surface area contributed by atoms with Crippen LogP contribution >= 0.6 is 0 Å². The Morgan fingerprint density at radius 3 is 2.22 bits per heavy atom. The van der Waals surface area contributed by atoms with Gasteiger partial charge in [-0.25, -0.2) is 0 Å². The number of nitrogens with two attached hydrogens (primary N) is 1. The van der Waals surface area contributed by atoms with Crippen LogP contribution < -0.4 is 11.1 Å². The molecular formula is C15H35N3. The van der Waals surface area contributed by atoms with Crippen LogP contribution in [-0.4, -0.2) is 43.7 Å². The van der Waals surface area contributed by atoms with Crippen molar-refractivity contribution < 1.29 is 0 Å². The summed E-state index contributed by atoms with van der Waals surface area (Å²) in [7, 11) is 0. The predicted molar refractivity (Wildman–Crippen MR) is 82.0 cm³/mol. The van der Waals surface area contributed by atoms with Crippen molar-refractivity contribution in [3.05, 3.63) is 0 Å². The minimum Gasteiger partial charge on any atom is -0.329 e. The summed E-state index contributed by atoms with van der Waals surface area (Å²) >= 11 is 0. The number of rotatable bonds is 13. The molecule has 0 rings (SSSR count). The van der Waals surface area contributed by atoms with Crippen LogP contribution in [0.2, 0.25) is 0 Å². The first-order valence-corrected chi connectivity index (χ1v) is 7.94. The van der Waals surface area contributed by atoms with Crippen molar-refractivity contribution >= 4 is 0 Å². The zero-order valence-electron chi connectivity index (χ0n) is 12.9. The molecule has 3 nitrogen and oxygen atoms in total. The van der Waals surface area contributed by atoms with Gasteiger partial charge in [0.1, 0.15) is 0 Å². The van der Waals surface area contributed by atoms with Crippen LogP contribution in [0.5, 0.6) is 0 Å². The summed E-state index contributed by atoms with van der Waals surface area (Å²) in [6.07, 6.45) is 8.00. The van der Waals surface area contributed by atoms with Gasteiger partial charge in [0, 0.05) is 25.7 Å². The average Bonchev–Trinajstić information content (AvgIpc) is 2.41. The van der Waals surface area contributed by atoms with Gasteiger partial charge in [-0.2, -0.15) is 0 Å². The molecule has 18 heavy (non-hydrogen) atoms. The van der Waals surface area contributed by atoms with Crippen molar-refractivity contribution in [1.29, 1.82) is 0 Å². The Morgan fingerprint density at radius 2 is 1.67 bits per heavy atom. The van der Waals surface area contributed by atoms with Gasteiger partial charge in [-0.1, -0.05) is 52.9 Å². The van der Waals surface area contributed by atoms with Gasteiger partial charge in [0.25, 0.3) is 0 Å². The SMILES string of the molecule is CCCCCCCC(CN)NCCN(CC)CC. The third-order valence-corrected chi connectivity index (χ3v) is 3.70. The van der Waals surface area contributed by atoms with E-state index in [1.54, 1.807) is 0 Å². The largest absolute Gasteiger partial charge is 0.329 e. The molecule has 0 fully saturated rings. The monoisotopic (exact) mass is 257 g/mol. The zero-order valence-corrected chi connectivity index (χ0v) is 12.9. The molecule has 0 aliphatic carbocycles. The Balaban J connectivity index is 3.51. The Hall–Kier alpha value is -0.120. The Labute approximate surface area is 114 Å². The molecule has 0 aromatic heterocycles. The van der Waals surface area contributed by atoms with Gasteiger partial charge in [0.2, 0.25) is 0 Å². The van der Waals surface area contributed by atoms with E-state index in [9.17, 15) is 0 Å². The van der Waals surface area contributed by atoms with Crippen molar-refractivity contribution in [2.45, 2.75) is 65.3 Å². The number of hydrogen-bond acceptors (Lipinski definition) is 3. The Kier molecular flexibility index (Phi) is 13.2. The van der Waals surface area contributed by atoms with Crippen LogP contribution in [0.15, 0.2) is 0 Å². The van der Waals surface area contributed by atoms with Crippen LogP contribution in [0, 0.1) is 0 Å². The highest BCUT2D eigenvalue weighted by Gasteiger charge is 2.06. The fourth-order valence-corrected chi connectivity index (χ4v) is 2.26. The van der Waals surface area contributed by atoms with Crippen molar-refractivity contribution in [3.63, 3.8) is 0 Å². The number of likely N-dealkylation sites (N-methyl/N-ethyl adjacent to an activating group) is 1.